The van der Waals surface area contributed by atoms with Crippen molar-refractivity contribution >= 4 is 5.97 Å². The van der Waals surface area contributed by atoms with E-state index in [0.29, 0.717) is 0 Å². The van der Waals surface area contributed by atoms with Gasteiger partial charge in [-0.3, -0.25) is 15.1 Å². The van der Waals surface area contributed by atoms with Gasteiger partial charge in [-0.15, -0.1) is 0 Å². The normalized spacial score (nSPS) is 16.2. The van der Waals surface area contributed by atoms with Crippen molar-refractivity contribution < 1.29 is 14.6 Å². The molecule has 1 aromatic rings. The molecule has 0 aromatic carbocycles. The molecule has 0 radical (unpaired) electrons. The van der Waals surface area contributed by atoms with Crippen LogP contribution in [0.2, 0.25) is 0 Å². The van der Waals surface area contributed by atoms with E-state index in [2.05, 4.69) is 10.3 Å². The molecule has 0 aliphatic heterocycles. The number of carboxylic acid groups (broad SMARTS) is 1. The SMILES string of the molecule is COCC(C)(NC(C)c1ccncc1)C(=O)O. The topological polar surface area (TPSA) is 71.5 Å². The zero-order valence-electron chi connectivity index (χ0n) is 10.3. The number of carbonyl (C=O) groups is 1. The maximum Gasteiger partial charge on any atom is 0.326 e. The van der Waals surface area contributed by atoms with Crippen molar-refractivity contribution in [3.05, 3.63) is 30.1 Å². The number of methoxy groups -OCH3 is 1. The number of carboxylic acids is 1. The molecule has 2 unspecified atom stereocenters. The lowest BCUT2D eigenvalue weighted by Crippen LogP contribution is -2.53. The molecule has 0 aliphatic carbocycles. The van der Waals surface area contributed by atoms with E-state index in [1.807, 2.05) is 19.1 Å². The average Bonchev–Trinajstić information content (AvgIpc) is 2.30. The van der Waals surface area contributed by atoms with Crippen LogP contribution >= 0.6 is 0 Å². The lowest BCUT2D eigenvalue weighted by atomic mass is 10.0. The Labute approximate surface area is 101 Å². The molecule has 0 saturated heterocycles. The smallest absolute Gasteiger partial charge is 0.326 e. The molecule has 2 atom stereocenters. The van der Waals surface area contributed by atoms with Crippen LogP contribution in [0.25, 0.3) is 0 Å². The van der Waals surface area contributed by atoms with Gasteiger partial charge in [0.15, 0.2) is 0 Å². The zero-order chi connectivity index (χ0) is 12.9. The van der Waals surface area contributed by atoms with E-state index >= 15 is 0 Å². The molecule has 1 heterocycles. The first-order chi connectivity index (χ1) is 7.99. The second kappa shape index (κ2) is 5.75. The van der Waals surface area contributed by atoms with Gasteiger partial charge < -0.3 is 9.84 Å². The minimum Gasteiger partial charge on any atom is -0.480 e. The summed E-state index contributed by atoms with van der Waals surface area (Å²) in [5, 5.41) is 12.3. The fourth-order valence-corrected chi connectivity index (χ4v) is 1.67. The van der Waals surface area contributed by atoms with Crippen molar-refractivity contribution in [3.8, 4) is 0 Å². The highest BCUT2D eigenvalue weighted by atomic mass is 16.5. The molecule has 0 amide bonds. The van der Waals surface area contributed by atoms with Gasteiger partial charge in [-0.25, -0.2) is 0 Å². The standard InChI is InChI=1S/C12H18N2O3/c1-9(10-4-6-13-7-5-10)14-12(2,8-17-3)11(15)16/h4-7,9,14H,8H2,1-3H3,(H,15,16). The molecule has 2 N–H and O–H groups in total. The van der Waals surface area contributed by atoms with Crippen LogP contribution < -0.4 is 5.32 Å². The second-order valence-electron chi connectivity index (χ2n) is 4.22. The van der Waals surface area contributed by atoms with Crippen molar-refractivity contribution in [2.45, 2.75) is 25.4 Å². The summed E-state index contributed by atoms with van der Waals surface area (Å²) < 4.78 is 4.95. The summed E-state index contributed by atoms with van der Waals surface area (Å²) in [6, 6.07) is 3.62. The van der Waals surface area contributed by atoms with E-state index in [0.717, 1.165) is 5.56 Å². The number of hydrogen-bond acceptors (Lipinski definition) is 4. The van der Waals surface area contributed by atoms with E-state index in [1.54, 1.807) is 19.3 Å². The van der Waals surface area contributed by atoms with E-state index < -0.39 is 11.5 Å². The predicted octanol–water partition coefficient (Wildman–Crippen LogP) is 1.22. The lowest BCUT2D eigenvalue weighted by molar-refractivity contribution is -0.146. The van der Waals surface area contributed by atoms with E-state index in [4.69, 9.17) is 4.74 Å². The van der Waals surface area contributed by atoms with Crippen LogP contribution in [0.5, 0.6) is 0 Å². The third-order valence-electron chi connectivity index (χ3n) is 2.65. The monoisotopic (exact) mass is 238 g/mol. The molecule has 5 heteroatoms. The molecular formula is C12H18N2O3. The molecule has 1 aromatic heterocycles. The Kier molecular flexibility index (Phi) is 4.60. The lowest BCUT2D eigenvalue weighted by Gasteiger charge is -2.29. The largest absolute Gasteiger partial charge is 0.480 e. The summed E-state index contributed by atoms with van der Waals surface area (Å²) >= 11 is 0. The number of nitrogens with one attached hydrogen (secondary N) is 1. The highest BCUT2D eigenvalue weighted by Gasteiger charge is 2.34. The number of ether oxygens (including phenoxy) is 1. The number of rotatable bonds is 6. The van der Waals surface area contributed by atoms with Gasteiger partial charge in [-0.1, -0.05) is 0 Å². The first-order valence-electron chi connectivity index (χ1n) is 5.39. The van der Waals surface area contributed by atoms with Crippen LogP contribution in [0.15, 0.2) is 24.5 Å². The van der Waals surface area contributed by atoms with Gasteiger partial charge in [0.2, 0.25) is 0 Å². The fourth-order valence-electron chi connectivity index (χ4n) is 1.67. The molecule has 0 bridgehead atoms. The maximum atomic E-state index is 11.2. The number of aliphatic carboxylic acids is 1. The molecule has 94 valence electrons. The fraction of sp³-hybridized carbons (Fsp3) is 0.500. The van der Waals surface area contributed by atoms with Crippen LogP contribution in [-0.4, -0.2) is 35.3 Å². The Morgan fingerprint density at radius 2 is 2.18 bits per heavy atom. The van der Waals surface area contributed by atoms with Gasteiger partial charge in [0, 0.05) is 25.5 Å². The Morgan fingerprint density at radius 3 is 2.65 bits per heavy atom. The summed E-state index contributed by atoms with van der Waals surface area (Å²) in [5.41, 5.74) is -0.110. The van der Waals surface area contributed by atoms with Crippen molar-refractivity contribution in [2.24, 2.45) is 0 Å². The van der Waals surface area contributed by atoms with Crippen molar-refractivity contribution in [1.82, 2.24) is 10.3 Å². The predicted molar refractivity (Wildman–Crippen MR) is 63.7 cm³/mol. The van der Waals surface area contributed by atoms with Gasteiger partial charge in [0.25, 0.3) is 0 Å². The summed E-state index contributed by atoms with van der Waals surface area (Å²) in [7, 11) is 1.49. The number of nitrogens with zero attached hydrogens (tertiary/aromatic N) is 1. The molecular weight excluding hydrogens is 220 g/mol. The summed E-state index contributed by atoms with van der Waals surface area (Å²) in [6.45, 7) is 3.63. The molecule has 0 spiro atoms. The molecule has 17 heavy (non-hydrogen) atoms. The van der Waals surface area contributed by atoms with Crippen LogP contribution in [0, 0.1) is 0 Å². The Hall–Kier alpha value is -1.46. The van der Waals surface area contributed by atoms with Crippen molar-refractivity contribution in [2.75, 3.05) is 13.7 Å². The van der Waals surface area contributed by atoms with Gasteiger partial charge in [-0.05, 0) is 31.5 Å². The third-order valence-corrected chi connectivity index (χ3v) is 2.65. The summed E-state index contributed by atoms with van der Waals surface area (Å²) in [5.74, 6) is -0.930. The first kappa shape index (κ1) is 13.6. The van der Waals surface area contributed by atoms with Gasteiger partial charge in [-0.2, -0.15) is 0 Å². The van der Waals surface area contributed by atoms with Crippen LogP contribution in [-0.2, 0) is 9.53 Å². The number of hydrogen-bond donors (Lipinski definition) is 2. The van der Waals surface area contributed by atoms with Gasteiger partial charge in [0.05, 0.1) is 6.61 Å². The quantitative estimate of drug-likeness (QED) is 0.779. The summed E-state index contributed by atoms with van der Waals surface area (Å²) in [4.78, 5) is 15.2. The van der Waals surface area contributed by atoms with Crippen LogP contribution in [0.1, 0.15) is 25.5 Å². The summed E-state index contributed by atoms with van der Waals surface area (Å²) in [6.07, 6.45) is 3.36. The highest BCUT2D eigenvalue weighted by Crippen LogP contribution is 2.16. The van der Waals surface area contributed by atoms with Gasteiger partial charge in [0.1, 0.15) is 5.54 Å². The number of pyridine rings is 1. The second-order valence-corrected chi connectivity index (χ2v) is 4.22. The number of aromatic nitrogens is 1. The highest BCUT2D eigenvalue weighted by molar-refractivity contribution is 5.78. The molecule has 5 nitrogen and oxygen atoms in total. The van der Waals surface area contributed by atoms with Crippen LogP contribution in [0.3, 0.4) is 0 Å². The molecule has 0 fully saturated rings. The van der Waals surface area contributed by atoms with E-state index in [9.17, 15) is 9.90 Å². The molecule has 1 rings (SSSR count). The maximum absolute atomic E-state index is 11.2. The van der Waals surface area contributed by atoms with Crippen molar-refractivity contribution in [3.63, 3.8) is 0 Å². The average molecular weight is 238 g/mol. The Balaban J connectivity index is 2.78. The molecule has 0 aliphatic rings. The minimum atomic E-state index is -1.10. The minimum absolute atomic E-state index is 0.0887. The zero-order valence-corrected chi connectivity index (χ0v) is 10.3. The Morgan fingerprint density at radius 1 is 1.59 bits per heavy atom. The van der Waals surface area contributed by atoms with Crippen molar-refractivity contribution in [1.29, 1.82) is 0 Å². The first-order valence-corrected chi connectivity index (χ1v) is 5.39. The van der Waals surface area contributed by atoms with E-state index in [1.165, 1.54) is 7.11 Å². The van der Waals surface area contributed by atoms with E-state index in [-0.39, 0.29) is 12.6 Å². The third kappa shape index (κ3) is 3.51. The van der Waals surface area contributed by atoms with Gasteiger partial charge >= 0.3 is 5.97 Å². The molecule has 0 saturated carbocycles. The van der Waals surface area contributed by atoms with Crippen LogP contribution in [0.4, 0.5) is 0 Å². The Bertz CT molecular complexity index is 369.